The Balaban J connectivity index is 2.01. The summed E-state index contributed by atoms with van der Waals surface area (Å²) < 4.78 is 5.67. The number of carboxylic acids is 1. The molecule has 2 aromatic carbocycles. The molecule has 2 aromatic rings. The Morgan fingerprint density at radius 3 is 2.29 bits per heavy atom. The topological polar surface area (TPSA) is 110 Å². The van der Waals surface area contributed by atoms with Gasteiger partial charge in [0.05, 0.1) is 22.7 Å². The zero-order valence-electron chi connectivity index (χ0n) is 15.5. The molecule has 8 nitrogen and oxygen atoms in total. The lowest BCUT2D eigenvalue weighted by atomic mass is 9.97. The number of carbonyl (C=O) groups excluding carboxylic acids is 1. The van der Waals surface area contributed by atoms with Gasteiger partial charge in [-0.25, -0.2) is 4.79 Å². The maximum atomic E-state index is 12.8. The molecule has 3 rings (SSSR count). The number of hydrogen-bond acceptors (Lipinski definition) is 6. The number of morpholine rings is 1. The van der Waals surface area contributed by atoms with Crippen LogP contribution in [0.15, 0.2) is 42.5 Å². The van der Waals surface area contributed by atoms with Gasteiger partial charge in [0.25, 0.3) is 5.69 Å². The molecule has 2 atom stereocenters. The fraction of sp³-hybridized carbons (Fsp3) is 0.300. The van der Waals surface area contributed by atoms with Gasteiger partial charge >= 0.3 is 5.97 Å². The van der Waals surface area contributed by atoms with Crippen LogP contribution in [0.3, 0.4) is 0 Å². The number of aromatic carboxylic acids is 1. The van der Waals surface area contributed by atoms with Crippen molar-refractivity contribution in [3.05, 3.63) is 69.3 Å². The number of rotatable bonds is 5. The minimum atomic E-state index is -1.23. The van der Waals surface area contributed by atoms with Gasteiger partial charge in [-0.15, -0.1) is 0 Å². The Kier molecular flexibility index (Phi) is 5.41. The lowest BCUT2D eigenvalue weighted by Gasteiger charge is -2.36. The third-order valence-corrected chi connectivity index (χ3v) is 4.60. The molecule has 1 aliphatic rings. The molecule has 146 valence electrons. The molecule has 1 N–H and O–H groups in total. The van der Waals surface area contributed by atoms with Crippen molar-refractivity contribution in [2.45, 2.75) is 26.1 Å². The minimum Gasteiger partial charge on any atom is -0.478 e. The first kappa shape index (κ1) is 19.5. The summed E-state index contributed by atoms with van der Waals surface area (Å²) in [6.45, 7) is 4.80. The van der Waals surface area contributed by atoms with Crippen LogP contribution in [0.2, 0.25) is 0 Å². The van der Waals surface area contributed by atoms with Crippen molar-refractivity contribution in [1.82, 2.24) is 0 Å². The van der Waals surface area contributed by atoms with Gasteiger partial charge in [0.2, 0.25) is 0 Å². The van der Waals surface area contributed by atoms with Crippen LogP contribution in [0.25, 0.3) is 0 Å². The molecule has 8 heteroatoms. The zero-order chi connectivity index (χ0) is 20.4. The smallest absolute Gasteiger partial charge is 0.336 e. The van der Waals surface area contributed by atoms with E-state index in [1.807, 2.05) is 18.7 Å². The van der Waals surface area contributed by atoms with E-state index in [4.69, 9.17) is 4.74 Å². The number of nitrogens with zero attached hydrogens (tertiary/aromatic N) is 2. The standard InChI is InChI=1S/C20H20N2O6/c1-12-10-21(11-13(2)28-12)17-8-7-14(9-18(17)22(26)27)19(23)15-5-3-4-6-16(15)20(24)25/h3-9,12-13H,10-11H2,1-2H3,(H,24,25)/t12-,13+. The van der Waals surface area contributed by atoms with E-state index in [0.717, 1.165) is 0 Å². The van der Waals surface area contributed by atoms with Crippen LogP contribution in [0.1, 0.15) is 40.1 Å². The van der Waals surface area contributed by atoms with Gasteiger partial charge in [-0.2, -0.15) is 0 Å². The highest BCUT2D eigenvalue weighted by Crippen LogP contribution is 2.32. The number of hydrogen-bond donors (Lipinski definition) is 1. The Bertz CT molecular complexity index is 932. The summed E-state index contributed by atoms with van der Waals surface area (Å²) in [7, 11) is 0. The molecule has 1 fully saturated rings. The second-order valence-electron chi connectivity index (χ2n) is 6.80. The average molecular weight is 384 g/mol. The Morgan fingerprint density at radius 2 is 1.71 bits per heavy atom. The molecule has 0 aromatic heterocycles. The van der Waals surface area contributed by atoms with Crippen LogP contribution in [0.5, 0.6) is 0 Å². The Hall–Kier alpha value is -3.26. The molecule has 0 aliphatic carbocycles. The molecule has 0 spiro atoms. The molecule has 1 aliphatic heterocycles. The van der Waals surface area contributed by atoms with Crippen LogP contribution < -0.4 is 4.90 Å². The monoisotopic (exact) mass is 384 g/mol. The quantitative estimate of drug-likeness (QED) is 0.479. The van der Waals surface area contributed by atoms with E-state index in [0.29, 0.717) is 18.8 Å². The summed E-state index contributed by atoms with van der Waals surface area (Å²) in [5.74, 6) is -1.80. The van der Waals surface area contributed by atoms with E-state index in [9.17, 15) is 24.8 Å². The van der Waals surface area contributed by atoms with Gasteiger partial charge in [-0.3, -0.25) is 14.9 Å². The van der Waals surface area contributed by atoms with Gasteiger partial charge in [0.15, 0.2) is 5.78 Å². The highest BCUT2D eigenvalue weighted by atomic mass is 16.6. The van der Waals surface area contributed by atoms with Gasteiger partial charge in [0, 0.05) is 30.3 Å². The van der Waals surface area contributed by atoms with E-state index in [1.165, 1.54) is 30.3 Å². The SMILES string of the molecule is C[C@@H]1CN(c2ccc(C(=O)c3ccccc3C(=O)O)cc2[N+](=O)[O-])C[C@H](C)O1. The number of nitro benzene ring substituents is 1. The van der Waals surface area contributed by atoms with Crippen LogP contribution in [0.4, 0.5) is 11.4 Å². The highest BCUT2D eigenvalue weighted by Gasteiger charge is 2.29. The summed E-state index contributed by atoms with van der Waals surface area (Å²) in [4.78, 5) is 37.2. The minimum absolute atomic E-state index is 0.00864. The predicted molar refractivity (Wildman–Crippen MR) is 102 cm³/mol. The van der Waals surface area contributed by atoms with E-state index in [-0.39, 0.29) is 34.6 Å². The van der Waals surface area contributed by atoms with Crippen molar-refractivity contribution < 1.29 is 24.4 Å². The predicted octanol–water partition coefficient (Wildman–Crippen LogP) is 3.14. The van der Waals surface area contributed by atoms with Crippen molar-refractivity contribution in [3.63, 3.8) is 0 Å². The summed E-state index contributed by atoms with van der Waals surface area (Å²) in [6, 6.07) is 10.0. The van der Waals surface area contributed by atoms with Gasteiger partial charge in [-0.1, -0.05) is 18.2 Å². The number of ether oxygens (including phenoxy) is 1. The maximum absolute atomic E-state index is 12.8. The number of anilines is 1. The second-order valence-corrected chi connectivity index (χ2v) is 6.80. The molecule has 1 heterocycles. The molecule has 0 amide bonds. The number of nitro groups is 1. The summed E-state index contributed by atoms with van der Waals surface area (Å²) in [5, 5.41) is 20.9. The summed E-state index contributed by atoms with van der Waals surface area (Å²) in [5.41, 5.74) is 0.134. The van der Waals surface area contributed by atoms with Crippen LogP contribution in [0, 0.1) is 10.1 Å². The molecule has 28 heavy (non-hydrogen) atoms. The lowest BCUT2D eigenvalue weighted by molar-refractivity contribution is -0.384. The van der Waals surface area contributed by atoms with Crippen LogP contribution in [-0.4, -0.2) is 47.1 Å². The van der Waals surface area contributed by atoms with E-state index < -0.39 is 16.7 Å². The fourth-order valence-corrected chi connectivity index (χ4v) is 3.48. The first-order valence-electron chi connectivity index (χ1n) is 8.83. The van der Waals surface area contributed by atoms with E-state index in [2.05, 4.69) is 0 Å². The van der Waals surface area contributed by atoms with Crippen molar-refractivity contribution in [2.75, 3.05) is 18.0 Å². The number of benzene rings is 2. The number of carboxylic acid groups (broad SMARTS) is 1. The van der Waals surface area contributed by atoms with Crippen molar-refractivity contribution in [2.24, 2.45) is 0 Å². The molecule has 0 saturated carbocycles. The molecule has 0 radical (unpaired) electrons. The Labute approximate surface area is 161 Å². The molecular weight excluding hydrogens is 364 g/mol. The molecule has 0 bridgehead atoms. The zero-order valence-corrected chi connectivity index (χ0v) is 15.5. The second kappa shape index (κ2) is 7.77. The number of ketones is 1. The van der Waals surface area contributed by atoms with Gasteiger partial charge < -0.3 is 14.7 Å². The van der Waals surface area contributed by atoms with Gasteiger partial charge in [-0.05, 0) is 32.0 Å². The molecule has 0 unspecified atom stereocenters. The Morgan fingerprint density at radius 1 is 1.11 bits per heavy atom. The maximum Gasteiger partial charge on any atom is 0.336 e. The van der Waals surface area contributed by atoms with Crippen molar-refractivity contribution in [1.29, 1.82) is 0 Å². The summed E-state index contributed by atoms with van der Waals surface area (Å²) in [6.07, 6.45) is -0.154. The lowest BCUT2D eigenvalue weighted by Crippen LogP contribution is -2.45. The van der Waals surface area contributed by atoms with Crippen molar-refractivity contribution in [3.8, 4) is 0 Å². The molecular formula is C20H20N2O6. The highest BCUT2D eigenvalue weighted by molar-refractivity contribution is 6.14. The van der Waals surface area contributed by atoms with E-state index >= 15 is 0 Å². The largest absolute Gasteiger partial charge is 0.478 e. The third-order valence-electron chi connectivity index (χ3n) is 4.60. The van der Waals surface area contributed by atoms with Gasteiger partial charge in [0.1, 0.15) is 5.69 Å². The van der Waals surface area contributed by atoms with E-state index in [1.54, 1.807) is 12.1 Å². The fourth-order valence-electron chi connectivity index (χ4n) is 3.48. The molecule has 1 saturated heterocycles. The van der Waals surface area contributed by atoms with Crippen LogP contribution in [-0.2, 0) is 4.74 Å². The number of carbonyl (C=O) groups is 2. The van der Waals surface area contributed by atoms with Crippen LogP contribution >= 0.6 is 0 Å². The van der Waals surface area contributed by atoms with Crippen molar-refractivity contribution >= 4 is 23.1 Å². The summed E-state index contributed by atoms with van der Waals surface area (Å²) >= 11 is 0. The average Bonchev–Trinajstić information content (AvgIpc) is 2.66. The first-order chi connectivity index (χ1) is 13.3. The third kappa shape index (κ3) is 3.86. The normalized spacial score (nSPS) is 19.3. The first-order valence-corrected chi connectivity index (χ1v) is 8.83.